The van der Waals surface area contributed by atoms with Gasteiger partial charge in [-0.1, -0.05) is 0 Å². The van der Waals surface area contributed by atoms with Crippen LogP contribution in [0.25, 0.3) is 6.08 Å². The van der Waals surface area contributed by atoms with E-state index in [0.29, 0.717) is 0 Å². The lowest BCUT2D eigenvalue weighted by molar-refractivity contribution is -0.146. The number of hydrogen-bond donors (Lipinski definition) is 1. The number of carboxylic acid groups (broad SMARTS) is 1. The highest BCUT2D eigenvalue weighted by molar-refractivity contribution is 7.12. The first-order valence-electron chi connectivity index (χ1n) is 3.90. The van der Waals surface area contributed by atoms with E-state index in [1.54, 1.807) is 0 Å². The van der Waals surface area contributed by atoms with Crippen LogP contribution in [0, 0.1) is 13.8 Å². The molecule has 14 heavy (non-hydrogen) atoms. The maximum atomic E-state index is 10.7. The lowest BCUT2D eigenvalue weighted by Crippen LogP contribution is -2.08. The summed E-state index contributed by atoms with van der Waals surface area (Å²) >= 11 is 1.42. The highest BCUT2D eigenvalue weighted by Gasteiger charge is 2.07. The number of carboxylic acids is 1. The van der Waals surface area contributed by atoms with Gasteiger partial charge in [-0.15, -0.1) is 11.3 Å². The zero-order chi connectivity index (χ0) is 10.7. The first kappa shape index (κ1) is 10.6. The van der Waals surface area contributed by atoms with Crippen LogP contribution in [0.3, 0.4) is 0 Å². The lowest BCUT2D eigenvalue weighted by atomic mass is 10.3. The summed E-state index contributed by atoms with van der Waals surface area (Å²) < 4.78 is 0. The minimum Gasteiger partial charge on any atom is -0.475 e. The predicted molar refractivity (Wildman–Crippen MR) is 53.3 cm³/mol. The molecule has 4 nitrogen and oxygen atoms in total. The Kier molecular flexibility index (Phi) is 3.14. The average Bonchev–Trinajstić information content (AvgIpc) is 2.40. The monoisotopic (exact) mass is 211 g/mol. The molecule has 0 aliphatic heterocycles. The third kappa shape index (κ3) is 2.50. The first-order chi connectivity index (χ1) is 6.50. The Morgan fingerprint density at radius 3 is 2.50 bits per heavy atom. The maximum Gasteiger partial charge on any atom is 0.376 e. The Bertz CT molecular complexity index is 406. The van der Waals surface area contributed by atoms with Crippen molar-refractivity contribution < 1.29 is 14.7 Å². The van der Waals surface area contributed by atoms with Crippen LogP contribution in [-0.2, 0) is 9.59 Å². The van der Waals surface area contributed by atoms with E-state index in [1.807, 2.05) is 13.8 Å². The molecule has 1 heterocycles. The summed E-state index contributed by atoms with van der Waals surface area (Å²) in [5, 5.41) is 9.21. The van der Waals surface area contributed by atoms with Crippen LogP contribution in [-0.4, -0.2) is 21.8 Å². The zero-order valence-electron chi connectivity index (χ0n) is 7.77. The molecule has 0 saturated carbocycles. The van der Waals surface area contributed by atoms with Crippen LogP contribution in [0.4, 0.5) is 0 Å². The summed E-state index contributed by atoms with van der Waals surface area (Å²) in [4.78, 5) is 25.9. The van der Waals surface area contributed by atoms with Gasteiger partial charge in [-0.05, 0) is 26.0 Å². The second-order valence-corrected chi connectivity index (χ2v) is 3.92. The molecule has 0 atom stereocenters. The number of hydrogen-bond acceptors (Lipinski definition) is 4. The molecule has 0 radical (unpaired) electrons. The Morgan fingerprint density at radius 1 is 1.43 bits per heavy atom. The summed E-state index contributed by atoms with van der Waals surface area (Å²) in [7, 11) is 0. The number of rotatable bonds is 3. The largest absolute Gasteiger partial charge is 0.475 e. The van der Waals surface area contributed by atoms with Crippen molar-refractivity contribution >= 4 is 29.2 Å². The minimum atomic E-state index is -1.44. The molecule has 0 aliphatic carbocycles. The molecule has 0 aliphatic rings. The van der Waals surface area contributed by atoms with E-state index in [-0.39, 0.29) is 0 Å². The fourth-order valence-corrected chi connectivity index (χ4v) is 1.75. The zero-order valence-corrected chi connectivity index (χ0v) is 8.59. The van der Waals surface area contributed by atoms with Crippen molar-refractivity contribution in [3.05, 3.63) is 21.7 Å². The molecule has 1 aromatic rings. The topological polar surface area (TPSA) is 67.3 Å². The van der Waals surface area contributed by atoms with Crippen LogP contribution >= 0.6 is 11.3 Å². The van der Waals surface area contributed by atoms with Crippen molar-refractivity contribution in [1.82, 2.24) is 4.98 Å². The van der Waals surface area contributed by atoms with E-state index in [1.165, 1.54) is 17.4 Å². The van der Waals surface area contributed by atoms with Crippen molar-refractivity contribution in [3.8, 4) is 0 Å². The Labute approximate surface area is 84.9 Å². The molecule has 0 bridgehead atoms. The highest BCUT2D eigenvalue weighted by Crippen LogP contribution is 2.18. The van der Waals surface area contributed by atoms with Gasteiger partial charge in [-0.3, -0.25) is 4.79 Å². The summed E-state index contributed by atoms with van der Waals surface area (Å²) in [6.45, 7) is 3.67. The van der Waals surface area contributed by atoms with E-state index < -0.39 is 11.8 Å². The van der Waals surface area contributed by atoms with E-state index >= 15 is 0 Å². The molecule has 0 spiro atoms. The summed E-state index contributed by atoms with van der Waals surface area (Å²) in [6.07, 6.45) is 2.53. The number of ketones is 1. The van der Waals surface area contributed by atoms with Crippen molar-refractivity contribution in [1.29, 1.82) is 0 Å². The highest BCUT2D eigenvalue weighted by atomic mass is 32.1. The SMILES string of the molecule is Cc1nc(C)c(/C=C/C(=O)C(=O)O)s1. The number of aliphatic carboxylic acids is 1. The molecular formula is C9H9NO3S. The summed E-state index contributed by atoms with van der Waals surface area (Å²) in [6, 6.07) is 0. The van der Waals surface area contributed by atoms with Crippen molar-refractivity contribution in [3.63, 3.8) is 0 Å². The molecule has 1 rings (SSSR count). The fourth-order valence-electron chi connectivity index (χ4n) is 0.924. The maximum absolute atomic E-state index is 10.7. The normalized spacial score (nSPS) is 10.7. The number of thiazole rings is 1. The van der Waals surface area contributed by atoms with E-state index in [9.17, 15) is 9.59 Å². The number of carbonyl (C=O) groups is 2. The predicted octanol–water partition coefficient (Wildman–Crippen LogP) is 1.43. The van der Waals surface area contributed by atoms with Gasteiger partial charge in [0.1, 0.15) is 0 Å². The van der Waals surface area contributed by atoms with Crippen LogP contribution in [0.15, 0.2) is 6.08 Å². The lowest BCUT2D eigenvalue weighted by Gasteiger charge is -1.86. The quantitative estimate of drug-likeness (QED) is 0.606. The summed E-state index contributed by atoms with van der Waals surface area (Å²) in [5.41, 5.74) is 0.807. The molecule has 1 N–H and O–H groups in total. The Hall–Kier alpha value is -1.49. The number of nitrogens with zero attached hydrogens (tertiary/aromatic N) is 1. The van der Waals surface area contributed by atoms with E-state index in [2.05, 4.69) is 4.98 Å². The molecule has 0 unspecified atom stereocenters. The van der Waals surface area contributed by atoms with Crippen LogP contribution in [0.2, 0.25) is 0 Å². The molecule has 74 valence electrons. The van der Waals surface area contributed by atoms with Crippen molar-refractivity contribution in [2.75, 3.05) is 0 Å². The molecule has 0 saturated heterocycles. The molecule has 1 aromatic heterocycles. The van der Waals surface area contributed by atoms with Gasteiger partial charge in [0.25, 0.3) is 5.78 Å². The molecule has 0 aromatic carbocycles. The fraction of sp³-hybridized carbons (Fsp3) is 0.222. The number of aromatic nitrogens is 1. The van der Waals surface area contributed by atoms with Gasteiger partial charge in [0.15, 0.2) is 0 Å². The van der Waals surface area contributed by atoms with Gasteiger partial charge in [0, 0.05) is 0 Å². The average molecular weight is 211 g/mol. The number of aryl methyl sites for hydroxylation is 2. The van der Waals surface area contributed by atoms with Crippen LogP contribution in [0.5, 0.6) is 0 Å². The smallest absolute Gasteiger partial charge is 0.376 e. The summed E-state index contributed by atoms with van der Waals surface area (Å²) in [5.74, 6) is -2.37. The molecule has 0 amide bonds. The number of carbonyl (C=O) groups excluding carboxylic acids is 1. The second-order valence-electron chi connectivity index (χ2n) is 2.69. The van der Waals surface area contributed by atoms with Crippen molar-refractivity contribution in [2.24, 2.45) is 0 Å². The van der Waals surface area contributed by atoms with Crippen LogP contribution < -0.4 is 0 Å². The van der Waals surface area contributed by atoms with Gasteiger partial charge >= 0.3 is 5.97 Å². The molecule has 0 fully saturated rings. The van der Waals surface area contributed by atoms with Gasteiger partial charge in [0.2, 0.25) is 0 Å². The van der Waals surface area contributed by atoms with Gasteiger partial charge in [-0.25, -0.2) is 9.78 Å². The third-order valence-corrected chi connectivity index (χ3v) is 2.57. The third-order valence-electron chi connectivity index (χ3n) is 1.54. The van der Waals surface area contributed by atoms with E-state index in [4.69, 9.17) is 5.11 Å². The van der Waals surface area contributed by atoms with Gasteiger partial charge < -0.3 is 5.11 Å². The van der Waals surface area contributed by atoms with E-state index in [0.717, 1.165) is 21.7 Å². The Morgan fingerprint density at radius 2 is 2.07 bits per heavy atom. The van der Waals surface area contributed by atoms with Crippen LogP contribution in [0.1, 0.15) is 15.6 Å². The van der Waals surface area contributed by atoms with Gasteiger partial charge in [0.05, 0.1) is 15.6 Å². The van der Waals surface area contributed by atoms with Gasteiger partial charge in [-0.2, -0.15) is 0 Å². The standard InChI is InChI=1S/C9H9NO3S/c1-5-8(14-6(2)10-5)4-3-7(11)9(12)13/h3-4H,1-2H3,(H,12,13)/b4-3+. The molecular weight excluding hydrogens is 202 g/mol. The molecule has 5 heteroatoms. The Balaban J connectivity index is 2.83. The minimum absolute atomic E-state index is 0.807. The van der Waals surface area contributed by atoms with Crippen molar-refractivity contribution in [2.45, 2.75) is 13.8 Å². The first-order valence-corrected chi connectivity index (χ1v) is 4.71. The second kappa shape index (κ2) is 4.15.